The van der Waals surface area contributed by atoms with Crippen LogP contribution in [-0.2, 0) is 4.79 Å². The zero-order chi connectivity index (χ0) is 18.5. The first-order chi connectivity index (χ1) is 12.6. The predicted octanol–water partition coefficient (Wildman–Crippen LogP) is 3.42. The average Bonchev–Trinajstić information content (AvgIpc) is 2.66. The van der Waals surface area contributed by atoms with E-state index in [1.54, 1.807) is 7.11 Å². The topological polar surface area (TPSA) is 44.8 Å². The van der Waals surface area contributed by atoms with Crippen LogP contribution in [0.4, 0.5) is 11.4 Å². The van der Waals surface area contributed by atoms with Crippen LogP contribution in [0, 0.1) is 6.92 Å². The van der Waals surface area contributed by atoms with Gasteiger partial charge in [-0.1, -0.05) is 29.8 Å². The first-order valence-corrected chi connectivity index (χ1v) is 9.11. The number of halogens is 1. The molecule has 0 atom stereocenters. The number of amides is 1. The average molecular weight is 374 g/mol. The molecule has 1 amide bonds. The smallest absolute Gasteiger partial charge is 0.238 e. The lowest BCUT2D eigenvalue weighted by Gasteiger charge is -2.36. The number of hydrogen-bond donors (Lipinski definition) is 1. The molecule has 6 heteroatoms. The van der Waals surface area contributed by atoms with E-state index in [1.807, 2.05) is 43.3 Å². The lowest BCUT2D eigenvalue weighted by molar-refractivity contribution is -0.117. The molecule has 0 aromatic heterocycles. The number of carbonyl (C=O) groups excluding carboxylic acids is 1. The number of piperazine rings is 1. The van der Waals surface area contributed by atoms with E-state index in [4.69, 9.17) is 16.3 Å². The molecule has 1 saturated heterocycles. The van der Waals surface area contributed by atoms with Gasteiger partial charge in [-0.2, -0.15) is 0 Å². The number of nitrogens with one attached hydrogen (secondary N) is 1. The van der Waals surface area contributed by atoms with Crippen LogP contribution in [-0.4, -0.2) is 50.6 Å². The second kappa shape index (κ2) is 8.43. The Bertz CT molecular complexity index is 773. The summed E-state index contributed by atoms with van der Waals surface area (Å²) in [7, 11) is 1.69. The molecule has 5 nitrogen and oxygen atoms in total. The third-order valence-electron chi connectivity index (χ3n) is 4.71. The monoisotopic (exact) mass is 373 g/mol. The Morgan fingerprint density at radius 3 is 2.58 bits per heavy atom. The summed E-state index contributed by atoms with van der Waals surface area (Å²) in [6, 6.07) is 13.6. The number of carbonyl (C=O) groups is 1. The number of nitrogens with zero attached hydrogens (tertiary/aromatic N) is 2. The summed E-state index contributed by atoms with van der Waals surface area (Å²) in [4.78, 5) is 16.8. The van der Waals surface area contributed by atoms with Gasteiger partial charge in [-0.15, -0.1) is 0 Å². The summed E-state index contributed by atoms with van der Waals surface area (Å²) in [6.45, 7) is 5.68. The van der Waals surface area contributed by atoms with Gasteiger partial charge in [-0.05, 0) is 36.8 Å². The third-order valence-corrected chi connectivity index (χ3v) is 5.12. The minimum Gasteiger partial charge on any atom is -0.495 e. The number of rotatable bonds is 5. The van der Waals surface area contributed by atoms with Crippen molar-refractivity contribution in [3.63, 3.8) is 0 Å². The molecule has 0 spiro atoms. The van der Waals surface area contributed by atoms with Crippen LogP contribution in [0.25, 0.3) is 0 Å². The minimum atomic E-state index is -0.0129. The van der Waals surface area contributed by atoms with Gasteiger partial charge in [0.2, 0.25) is 5.91 Å². The van der Waals surface area contributed by atoms with E-state index < -0.39 is 0 Å². The summed E-state index contributed by atoms with van der Waals surface area (Å²) < 4.78 is 5.45. The van der Waals surface area contributed by atoms with Crippen LogP contribution < -0.4 is 15.0 Å². The Labute approximate surface area is 159 Å². The van der Waals surface area contributed by atoms with E-state index in [0.29, 0.717) is 11.6 Å². The Hall–Kier alpha value is -2.24. The van der Waals surface area contributed by atoms with Crippen molar-refractivity contribution in [1.82, 2.24) is 4.90 Å². The van der Waals surface area contributed by atoms with Gasteiger partial charge in [-0.25, -0.2) is 0 Å². The number of para-hydroxylation sites is 2. The molecular formula is C20H24ClN3O2. The highest BCUT2D eigenvalue weighted by molar-refractivity contribution is 6.31. The van der Waals surface area contributed by atoms with Crippen molar-refractivity contribution in [3.8, 4) is 5.75 Å². The van der Waals surface area contributed by atoms with E-state index in [1.165, 1.54) is 0 Å². The molecule has 0 radical (unpaired) electrons. The summed E-state index contributed by atoms with van der Waals surface area (Å²) >= 11 is 6.11. The Morgan fingerprint density at radius 2 is 1.85 bits per heavy atom. The van der Waals surface area contributed by atoms with Crippen molar-refractivity contribution in [2.75, 3.05) is 50.1 Å². The molecule has 0 aliphatic carbocycles. The molecule has 2 aromatic carbocycles. The molecular weight excluding hydrogens is 350 g/mol. The normalized spacial score (nSPS) is 15.0. The molecule has 3 rings (SSSR count). The molecule has 26 heavy (non-hydrogen) atoms. The zero-order valence-electron chi connectivity index (χ0n) is 15.2. The highest BCUT2D eigenvalue weighted by atomic mass is 35.5. The summed E-state index contributed by atoms with van der Waals surface area (Å²) in [5, 5.41) is 3.62. The molecule has 1 heterocycles. The van der Waals surface area contributed by atoms with Crippen molar-refractivity contribution in [3.05, 3.63) is 53.1 Å². The van der Waals surface area contributed by atoms with E-state index in [0.717, 1.165) is 48.9 Å². The lowest BCUT2D eigenvalue weighted by Crippen LogP contribution is -2.48. The zero-order valence-corrected chi connectivity index (χ0v) is 15.9. The molecule has 0 saturated carbocycles. The third kappa shape index (κ3) is 4.29. The predicted molar refractivity (Wildman–Crippen MR) is 106 cm³/mol. The molecule has 1 aliphatic heterocycles. The molecule has 1 fully saturated rings. The first kappa shape index (κ1) is 18.5. The Kier molecular flexibility index (Phi) is 6.01. The van der Waals surface area contributed by atoms with Crippen LogP contribution in [0.5, 0.6) is 5.75 Å². The standard InChI is InChI=1S/C20H24ClN3O2/c1-15-16(21)6-5-7-17(15)22-20(25)14-23-10-12-24(13-11-23)18-8-3-4-9-19(18)26-2/h3-9H,10-14H2,1-2H3,(H,22,25). The lowest BCUT2D eigenvalue weighted by atomic mass is 10.2. The maximum Gasteiger partial charge on any atom is 0.238 e. The van der Waals surface area contributed by atoms with Gasteiger partial charge in [-0.3, -0.25) is 9.69 Å². The molecule has 1 N–H and O–H groups in total. The number of benzene rings is 2. The van der Waals surface area contributed by atoms with E-state index in [9.17, 15) is 4.79 Å². The van der Waals surface area contributed by atoms with Crippen molar-refractivity contribution in [1.29, 1.82) is 0 Å². The van der Waals surface area contributed by atoms with Crippen molar-refractivity contribution < 1.29 is 9.53 Å². The fourth-order valence-corrected chi connectivity index (χ4v) is 3.35. The molecule has 0 bridgehead atoms. The van der Waals surface area contributed by atoms with Crippen LogP contribution in [0.3, 0.4) is 0 Å². The van der Waals surface area contributed by atoms with Gasteiger partial charge in [0.05, 0.1) is 19.3 Å². The summed E-state index contributed by atoms with van der Waals surface area (Å²) in [5.74, 6) is 0.872. The van der Waals surface area contributed by atoms with Crippen LogP contribution in [0.15, 0.2) is 42.5 Å². The Balaban J connectivity index is 1.54. The number of hydrogen-bond acceptors (Lipinski definition) is 4. The van der Waals surface area contributed by atoms with Crippen LogP contribution >= 0.6 is 11.6 Å². The quantitative estimate of drug-likeness (QED) is 0.872. The van der Waals surface area contributed by atoms with Crippen molar-refractivity contribution in [2.45, 2.75) is 6.92 Å². The summed E-state index contributed by atoms with van der Waals surface area (Å²) in [6.07, 6.45) is 0. The minimum absolute atomic E-state index is 0.0129. The van der Waals surface area contributed by atoms with Crippen molar-refractivity contribution >= 4 is 28.9 Å². The maximum absolute atomic E-state index is 12.4. The van der Waals surface area contributed by atoms with Crippen LogP contribution in [0.1, 0.15) is 5.56 Å². The van der Waals surface area contributed by atoms with Gasteiger partial charge < -0.3 is 15.0 Å². The highest BCUT2D eigenvalue weighted by Crippen LogP contribution is 2.28. The summed E-state index contributed by atoms with van der Waals surface area (Å²) in [5.41, 5.74) is 2.77. The maximum atomic E-state index is 12.4. The van der Waals surface area contributed by atoms with Crippen molar-refractivity contribution in [2.24, 2.45) is 0 Å². The highest BCUT2D eigenvalue weighted by Gasteiger charge is 2.21. The van der Waals surface area contributed by atoms with Gasteiger partial charge in [0.25, 0.3) is 0 Å². The Morgan fingerprint density at radius 1 is 1.12 bits per heavy atom. The van der Waals surface area contributed by atoms with Gasteiger partial charge in [0.15, 0.2) is 0 Å². The number of ether oxygens (including phenoxy) is 1. The van der Waals surface area contributed by atoms with Crippen LogP contribution in [0.2, 0.25) is 5.02 Å². The van der Waals surface area contributed by atoms with E-state index >= 15 is 0 Å². The fourth-order valence-electron chi connectivity index (χ4n) is 3.17. The van der Waals surface area contributed by atoms with Gasteiger partial charge >= 0.3 is 0 Å². The molecule has 0 unspecified atom stereocenters. The SMILES string of the molecule is COc1ccccc1N1CCN(CC(=O)Nc2cccc(Cl)c2C)CC1. The fraction of sp³-hybridized carbons (Fsp3) is 0.350. The molecule has 138 valence electrons. The molecule has 2 aromatic rings. The number of methoxy groups -OCH3 is 1. The second-order valence-electron chi connectivity index (χ2n) is 6.40. The van der Waals surface area contributed by atoms with Gasteiger partial charge in [0, 0.05) is 36.9 Å². The largest absolute Gasteiger partial charge is 0.495 e. The second-order valence-corrected chi connectivity index (χ2v) is 6.80. The van der Waals surface area contributed by atoms with E-state index in [-0.39, 0.29) is 5.91 Å². The number of anilines is 2. The van der Waals surface area contributed by atoms with Gasteiger partial charge in [0.1, 0.15) is 5.75 Å². The van der Waals surface area contributed by atoms with E-state index in [2.05, 4.69) is 21.2 Å². The first-order valence-electron chi connectivity index (χ1n) is 8.74. The molecule has 1 aliphatic rings.